The van der Waals surface area contributed by atoms with Gasteiger partial charge in [-0.25, -0.2) is 4.68 Å². The lowest BCUT2D eigenvalue weighted by Crippen LogP contribution is -2.52. The largest absolute Gasteiger partial charge is 0.493 e. The van der Waals surface area contributed by atoms with E-state index in [4.69, 9.17) is 14.2 Å². The summed E-state index contributed by atoms with van der Waals surface area (Å²) in [5.74, 6) is 0.471. The van der Waals surface area contributed by atoms with E-state index in [1.54, 1.807) is 42.0 Å². The van der Waals surface area contributed by atoms with Gasteiger partial charge in [0.1, 0.15) is 18.1 Å². The molecule has 1 N–H and O–H groups in total. The van der Waals surface area contributed by atoms with Crippen LogP contribution in [0.4, 0.5) is 0 Å². The van der Waals surface area contributed by atoms with Crippen LogP contribution in [0, 0.1) is 0 Å². The van der Waals surface area contributed by atoms with Crippen molar-refractivity contribution in [2.24, 2.45) is 0 Å². The number of hydrogen-bond donors (Lipinski definition) is 1. The molecule has 2 atom stereocenters. The van der Waals surface area contributed by atoms with Crippen LogP contribution in [0.15, 0.2) is 42.5 Å². The van der Waals surface area contributed by atoms with Crippen molar-refractivity contribution in [1.82, 2.24) is 25.2 Å². The molecule has 0 bridgehead atoms. The molecule has 0 saturated carbocycles. The van der Waals surface area contributed by atoms with Gasteiger partial charge in [0.25, 0.3) is 0 Å². The lowest BCUT2D eigenvalue weighted by atomic mass is 9.98. The molecule has 10 heteroatoms. The highest BCUT2D eigenvalue weighted by molar-refractivity contribution is 5.90. The number of carbonyl (C=O) groups excluding carboxylic acids is 2. The number of rotatable bonds is 11. The summed E-state index contributed by atoms with van der Waals surface area (Å²) < 4.78 is 18.4. The predicted molar refractivity (Wildman–Crippen MR) is 143 cm³/mol. The van der Waals surface area contributed by atoms with Crippen LogP contribution in [-0.4, -0.2) is 70.7 Å². The van der Waals surface area contributed by atoms with E-state index in [0.717, 1.165) is 24.8 Å². The van der Waals surface area contributed by atoms with Gasteiger partial charge in [-0.2, -0.15) is 0 Å². The van der Waals surface area contributed by atoms with Gasteiger partial charge in [0.05, 0.1) is 25.8 Å². The molecule has 38 heavy (non-hydrogen) atoms. The number of hydrogen-bond acceptors (Lipinski definition) is 7. The molecule has 0 spiro atoms. The van der Waals surface area contributed by atoms with Crippen LogP contribution in [0.5, 0.6) is 11.5 Å². The summed E-state index contributed by atoms with van der Waals surface area (Å²) in [4.78, 5) is 29.6. The van der Waals surface area contributed by atoms with Crippen molar-refractivity contribution in [3.63, 3.8) is 0 Å². The molecular weight excluding hydrogens is 486 g/mol. The SMILES string of the molecule is CCC(C)(C)NC(=O)[C@H](c1ccc(OC)c(OC)c1)N(C[C@H]1CCCO1)C(=O)Cn1nnc2ccccc21. The Hall–Kier alpha value is -3.66. The average Bonchev–Trinajstić information content (AvgIpc) is 3.58. The molecule has 2 heterocycles. The molecule has 2 aromatic carbocycles. The van der Waals surface area contributed by atoms with Crippen LogP contribution < -0.4 is 14.8 Å². The second-order valence-corrected chi connectivity index (χ2v) is 10.2. The fourth-order valence-electron chi connectivity index (χ4n) is 4.60. The van der Waals surface area contributed by atoms with Gasteiger partial charge in [-0.3, -0.25) is 9.59 Å². The molecule has 1 aliphatic rings. The second kappa shape index (κ2) is 11.8. The summed E-state index contributed by atoms with van der Waals surface area (Å²) in [6.45, 7) is 6.77. The van der Waals surface area contributed by atoms with Gasteiger partial charge < -0.3 is 24.4 Å². The van der Waals surface area contributed by atoms with Crippen molar-refractivity contribution in [2.75, 3.05) is 27.4 Å². The Morgan fingerprint density at radius 3 is 2.63 bits per heavy atom. The minimum atomic E-state index is -0.924. The summed E-state index contributed by atoms with van der Waals surface area (Å²) >= 11 is 0. The first kappa shape index (κ1) is 27.4. The van der Waals surface area contributed by atoms with Gasteiger partial charge in [0, 0.05) is 18.7 Å². The molecule has 4 rings (SSSR count). The second-order valence-electron chi connectivity index (χ2n) is 10.2. The number of methoxy groups -OCH3 is 2. The minimum absolute atomic E-state index is 0.0680. The van der Waals surface area contributed by atoms with Crippen LogP contribution in [0.25, 0.3) is 11.0 Å². The van der Waals surface area contributed by atoms with E-state index in [9.17, 15) is 9.59 Å². The van der Waals surface area contributed by atoms with Crippen molar-refractivity contribution < 1.29 is 23.8 Å². The Labute approximate surface area is 223 Å². The Morgan fingerprint density at radius 1 is 1.18 bits per heavy atom. The van der Waals surface area contributed by atoms with Gasteiger partial charge in [-0.15, -0.1) is 5.10 Å². The van der Waals surface area contributed by atoms with Crippen molar-refractivity contribution in [1.29, 1.82) is 0 Å². The lowest BCUT2D eigenvalue weighted by Gasteiger charge is -2.35. The summed E-state index contributed by atoms with van der Waals surface area (Å²) in [5, 5.41) is 11.5. The molecule has 1 saturated heterocycles. The first-order chi connectivity index (χ1) is 18.3. The van der Waals surface area contributed by atoms with Gasteiger partial charge in [0.15, 0.2) is 11.5 Å². The fraction of sp³-hybridized carbons (Fsp3) is 0.500. The molecule has 2 amide bonds. The van der Waals surface area contributed by atoms with Gasteiger partial charge >= 0.3 is 0 Å². The summed E-state index contributed by atoms with van der Waals surface area (Å²) in [6, 6.07) is 11.8. The van der Waals surface area contributed by atoms with E-state index in [-0.39, 0.29) is 31.0 Å². The van der Waals surface area contributed by atoms with Crippen LogP contribution in [0.1, 0.15) is 51.6 Å². The summed E-state index contributed by atoms with van der Waals surface area (Å²) in [7, 11) is 3.10. The molecule has 1 aliphatic heterocycles. The Morgan fingerprint density at radius 2 is 1.95 bits per heavy atom. The van der Waals surface area contributed by atoms with Crippen molar-refractivity contribution in [3.8, 4) is 11.5 Å². The maximum atomic E-state index is 14.0. The maximum Gasteiger partial charge on any atom is 0.247 e. The van der Waals surface area contributed by atoms with Gasteiger partial charge in [-0.1, -0.05) is 30.3 Å². The van der Waals surface area contributed by atoms with E-state index in [0.29, 0.717) is 29.2 Å². The molecule has 204 valence electrons. The molecule has 10 nitrogen and oxygen atoms in total. The number of benzene rings is 2. The fourth-order valence-corrected chi connectivity index (χ4v) is 4.60. The zero-order valence-corrected chi connectivity index (χ0v) is 22.8. The Bertz CT molecular complexity index is 1270. The number of amides is 2. The third-order valence-corrected chi connectivity index (χ3v) is 7.08. The van der Waals surface area contributed by atoms with E-state index >= 15 is 0 Å². The highest BCUT2D eigenvalue weighted by Gasteiger charge is 2.36. The normalized spacial score (nSPS) is 16.3. The molecular formula is C28H37N5O5. The number of para-hydroxylation sites is 1. The zero-order valence-electron chi connectivity index (χ0n) is 22.8. The summed E-state index contributed by atoms with van der Waals surface area (Å²) in [6.07, 6.45) is 2.29. The van der Waals surface area contributed by atoms with E-state index in [1.807, 2.05) is 45.0 Å². The molecule has 0 aliphatic carbocycles. The number of carbonyl (C=O) groups is 2. The van der Waals surface area contributed by atoms with E-state index in [1.165, 1.54) is 0 Å². The number of nitrogens with zero attached hydrogens (tertiary/aromatic N) is 4. The highest BCUT2D eigenvalue weighted by atomic mass is 16.5. The number of aromatic nitrogens is 3. The Kier molecular flexibility index (Phi) is 8.51. The van der Waals surface area contributed by atoms with Crippen LogP contribution in [0.2, 0.25) is 0 Å². The van der Waals surface area contributed by atoms with Gasteiger partial charge in [0.2, 0.25) is 11.8 Å². The third-order valence-electron chi connectivity index (χ3n) is 7.08. The number of nitrogens with one attached hydrogen (secondary N) is 1. The average molecular weight is 524 g/mol. The molecule has 1 fully saturated rings. The molecule has 3 aromatic rings. The highest BCUT2D eigenvalue weighted by Crippen LogP contribution is 2.33. The Balaban J connectivity index is 1.76. The van der Waals surface area contributed by atoms with Crippen molar-refractivity contribution in [3.05, 3.63) is 48.0 Å². The number of fused-ring (bicyclic) bond motifs is 1. The van der Waals surface area contributed by atoms with E-state index < -0.39 is 11.6 Å². The monoisotopic (exact) mass is 523 g/mol. The van der Waals surface area contributed by atoms with Gasteiger partial charge in [-0.05, 0) is 62.9 Å². The van der Waals surface area contributed by atoms with Crippen LogP contribution in [0.3, 0.4) is 0 Å². The third kappa shape index (κ3) is 6.07. The zero-order chi connectivity index (χ0) is 27.3. The smallest absolute Gasteiger partial charge is 0.247 e. The minimum Gasteiger partial charge on any atom is -0.493 e. The lowest BCUT2D eigenvalue weighted by molar-refractivity contribution is -0.144. The standard InChI is InChI=1S/C28H37N5O5/c1-6-28(2,3)29-27(35)26(19-13-14-23(36-4)24(16-19)37-5)32(17-20-10-9-15-38-20)25(34)18-33-22-12-8-7-11-21(22)30-31-33/h7-8,11-14,16,20,26H,6,9-10,15,17-18H2,1-5H3,(H,29,35)/t20-,26+/m1/s1. The van der Waals surface area contributed by atoms with E-state index in [2.05, 4.69) is 15.6 Å². The maximum absolute atomic E-state index is 14.0. The predicted octanol–water partition coefficient (Wildman–Crippen LogP) is 3.50. The molecule has 0 unspecified atom stereocenters. The summed E-state index contributed by atoms with van der Waals surface area (Å²) in [5.41, 5.74) is 1.59. The quantitative estimate of drug-likeness (QED) is 0.410. The first-order valence-corrected chi connectivity index (χ1v) is 13.0. The van der Waals surface area contributed by atoms with Crippen molar-refractivity contribution in [2.45, 2.75) is 64.3 Å². The van der Waals surface area contributed by atoms with Crippen LogP contribution in [-0.2, 0) is 20.9 Å². The first-order valence-electron chi connectivity index (χ1n) is 13.0. The topological polar surface area (TPSA) is 108 Å². The molecule has 1 aromatic heterocycles. The van der Waals surface area contributed by atoms with Crippen LogP contribution >= 0.6 is 0 Å². The van der Waals surface area contributed by atoms with Crippen molar-refractivity contribution >= 4 is 22.8 Å². The number of ether oxygens (including phenoxy) is 3. The molecule has 0 radical (unpaired) electrons.